The number of hydrogen-bond donors (Lipinski definition) is 8. The molecule has 4 aromatic carbocycles. The van der Waals surface area contributed by atoms with Crippen molar-refractivity contribution in [2.45, 2.75) is 155 Å². The van der Waals surface area contributed by atoms with Gasteiger partial charge in [0.05, 0.1) is 155 Å². The Kier molecular flexibility index (Phi) is 50.8. The lowest BCUT2D eigenvalue weighted by atomic mass is 10.0. The van der Waals surface area contributed by atoms with E-state index in [0.29, 0.717) is 135 Å². The number of ether oxygens (including phenoxy) is 11. The normalized spacial score (nSPS) is 16.8. The molecule has 14 rings (SSSR count). The van der Waals surface area contributed by atoms with Gasteiger partial charge >= 0.3 is 12.2 Å². The number of fused-ring (bicyclic) bond motifs is 4. The molecular formula is C92H109BrClI3N20O30. The number of carbonyl (C=O) groups excluding carboxylic acids is 18. The van der Waals surface area contributed by atoms with Gasteiger partial charge in [0.2, 0.25) is 47.3 Å². The van der Waals surface area contributed by atoms with Gasteiger partial charge in [-0.2, -0.15) is 0 Å². The second-order valence-electron chi connectivity index (χ2n) is 33.2. The molecule has 9 N–H and O–H groups in total. The molecule has 0 spiro atoms. The highest BCUT2D eigenvalue weighted by Gasteiger charge is 2.51. The van der Waals surface area contributed by atoms with E-state index < -0.39 is 142 Å². The van der Waals surface area contributed by atoms with E-state index in [1.54, 1.807) is 93.6 Å². The van der Waals surface area contributed by atoms with Crippen LogP contribution in [-0.4, -0.2) is 315 Å². The molecule has 0 radical (unpaired) electrons. The number of phenols is 1. The number of aromatic nitrogens is 6. The van der Waals surface area contributed by atoms with Crippen molar-refractivity contribution in [2.75, 3.05) is 117 Å². The molecule has 8 aliphatic rings. The number of alkyl carbamates (subject to hydrolysis) is 2. The maximum Gasteiger partial charge on any atom is 0.407 e. The SMILES string of the molecule is C#CCBr.C#CCOc1cccc2c1C(=O)N(C1CCC(=O)NC1=O)C2=O.CC(C)(C)OC(=O)NCCOCCOCCN=[N+]=[N-].CC(C)(C)OC(=O)NCCOCCOCCn1cc(COc2cccc3c2C(=O)N(C2CCC(=O)NC2=O)C3=O)nn1.Cl.II.NCCOCCOCCn1cc(COc2cccc3c2C(=O)N(C2CCC(=O)NC2=O)C3=O)nn1.O=C1CCC(N2C(=O)c3cccc(O)c3C2=O)C(=O)N1.[2H]I. The molecule has 0 bridgehead atoms. The van der Waals surface area contributed by atoms with Crippen molar-refractivity contribution in [2.24, 2.45) is 10.8 Å². The van der Waals surface area contributed by atoms with E-state index in [4.69, 9.17) is 76.8 Å². The van der Waals surface area contributed by atoms with Crippen LogP contribution in [0, 0.1) is 24.7 Å². The van der Waals surface area contributed by atoms with E-state index in [-0.39, 0.29) is 151 Å². The maximum atomic E-state index is 13.2. The van der Waals surface area contributed by atoms with E-state index in [1.807, 2.05) is 0 Å². The largest absolute Gasteiger partial charge is 0.507 e. The number of nitrogens with zero attached hydrogens (tertiary/aromatic N) is 13. The van der Waals surface area contributed by atoms with Gasteiger partial charge in [-0.05, 0) is 121 Å². The highest BCUT2D eigenvalue weighted by molar-refractivity contribution is 15.0. The Labute approximate surface area is 897 Å². The summed E-state index contributed by atoms with van der Waals surface area (Å²) < 4.78 is 68.0. The Morgan fingerprint density at radius 1 is 0.490 bits per heavy atom. The summed E-state index contributed by atoms with van der Waals surface area (Å²) in [6.45, 7) is 18.0. The zero-order chi connectivity index (χ0) is 108. The molecule has 50 nitrogen and oxygen atoms in total. The Bertz CT molecular complexity index is 5890. The zero-order valence-electron chi connectivity index (χ0n) is 81.4. The number of nitrogens with two attached hydrogens (primary N) is 1. The summed E-state index contributed by atoms with van der Waals surface area (Å²) in [5.74, 6) is -4.47. The molecule has 18 amide bonds. The number of alkyl halides is 1. The number of benzene rings is 4. The van der Waals surface area contributed by atoms with Crippen molar-refractivity contribution in [3.05, 3.63) is 152 Å². The number of azide groups is 1. The van der Waals surface area contributed by atoms with Gasteiger partial charge in [0, 0.05) is 94.0 Å². The Morgan fingerprint density at radius 3 is 1.10 bits per heavy atom. The first-order valence-electron chi connectivity index (χ1n) is 45.2. The molecule has 792 valence electrons. The highest BCUT2D eigenvalue weighted by Crippen LogP contribution is 2.39. The van der Waals surface area contributed by atoms with Crippen LogP contribution in [0.4, 0.5) is 9.59 Å². The van der Waals surface area contributed by atoms with Crippen LogP contribution < -0.4 is 51.8 Å². The van der Waals surface area contributed by atoms with Crippen molar-refractivity contribution in [1.29, 1.82) is 0.594 Å². The highest BCUT2D eigenvalue weighted by atomic mass is 128. The van der Waals surface area contributed by atoms with Crippen LogP contribution in [0.5, 0.6) is 23.0 Å². The average molecular weight is 2470 g/mol. The van der Waals surface area contributed by atoms with Crippen molar-refractivity contribution < 1.29 is 144 Å². The lowest BCUT2D eigenvalue weighted by Crippen LogP contribution is -2.54. The number of terminal acetylenes is 2. The van der Waals surface area contributed by atoms with Crippen LogP contribution >= 0.6 is 89.3 Å². The summed E-state index contributed by atoms with van der Waals surface area (Å²) in [7, 11) is 0. The fraction of sp³-hybridized carbons (Fsp3) is 0.457. The Hall–Kier alpha value is -12.9. The number of phenolic OH excluding ortho intramolecular Hbond substituents is 1. The molecule has 4 fully saturated rings. The lowest BCUT2D eigenvalue weighted by Gasteiger charge is -2.27. The van der Waals surface area contributed by atoms with E-state index >= 15 is 0 Å². The van der Waals surface area contributed by atoms with Crippen LogP contribution in [-0.2, 0) is 103 Å². The number of aromatic hydroxyl groups is 1. The molecule has 4 unspecified atom stereocenters. The first kappa shape index (κ1) is 121. The maximum absolute atomic E-state index is 13.2. The standard InChI is InChI=1S/C27H34N6O9.C22H26N6O7.C16H12N2O5.C13H10N2O5.C11H22N4O4.C3H3Br.ClH.I2.HI/c1-27(2,3)42-26(38)28-9-11-39-13-14-40-12-10-32-15-17(30-31-32)16-41-20-6-4-5-18-22(20)25(37)33(24(18)36)19-7-8-21(34)29-23(19)35;23-6-8-33-10-11-34-9-7-27-12-14(25-26-27)13-35-17-3-1-2-15-19(17)22(32)28(21(15)31)16-4-5-18(29)24-20(16)30;1-2-8-23-11-5-3-4-9-13(11)16(22)18(15(9)21)10-6-7-12(19)17-14(10)20;16-8-3-1-2-6-10(8)13(20)15(12(6)19)7-4-5-9(17)14-11(7)18;1-11(2,3)19-10(16)13-4-6-17-8-9-18-7-5-14-15-12;1-2-3-4;;1-2;/h4-6,15,19H,7-14,16H2,1-3H3,(H,28,38)(H,29,34,35);1-3,12,16H,4-11,13,23H2,(H,24,29,30);1,3-5,10H,6-8H2,(H,17,19,20);1-3,7,16H,4-5H2,(H,14,17,18);4-9H2,1-3H3,(H,13,16);1H,3H2;1H;;1H/i/hD. The predicted octanol–water partition coefficient (Wildman–Crippen LogP) is 5.64. The monoisotopic (exact) mass is 2470 g/mol. The van der Waals surface area contributed by atoms with E-state index in [2.05, 4.69) is 128 Å². The second-order valence-corrected chi connectivity index (χ2v) is 33.7. The first-order valence-corrected chi connectivity index (χ1v) is 52.3. The minimum Gasteiger partial charge on any atom is -0.507 e. The van der Waals surface area contributed by atoms with Crippen molar-refractivity contribution in [3.8, 4) is 47.7 Å². The summed E-state index contributed by atoms with van der Waals surface area (Å²) in [6, 6.07) is 14.0. The van der Waals surface area contributed by atoms with Crippen molar-refractivity contribution in [3.63, 3.8) is 0 Å². The van der Waals surface area contributed by atoms with Crippen LogP contribution in [0.2, 0.25) is 0 Å². The third-order valence-electron chi connectivity index (χ3n) is 20.6. The number of rotatable bonds is 38. The lowest BCUT2D eigenvalue weighted by molar-refractivity contribution is -0.137. The molecule has 4 atom stereocenters. The molecule has 147 heavy (non-hydrogen) atoms. The molecule has 6 aromatic rings. The van der Waals surface area contributed by atoms with Gasteiger partial charge in [-0.1, -0.05) is 67.6 Å². The van der Waals surface area contributed by atoms with Crippen LogP contribution in [0.15, 0.2) is 90.3 Å². The summed E-state index contributed by atoms with van der Waals surface area (Å²) in [5.41, 5.74) is 14.0. The van der Waals surface area contributed by atoms with Crippen LogP contribution in [0.3, 0.4) is 0 Å². The topological polar surface area (TPSA) is 650 Å². The summed E-state index contributed by atoms with van der Waals surface area (Å²) in [6.07, 6.45) is 12.9. The van der Waals surface area contributed by atoms with Crippen LogP contribution in [0.1, 0.15) is 187 Å². The summed E-state index contributed by atoms with van der Waals surface area (Å²) in [5, 5.41) is 43.6. The minimum atomic E-state index is -1.06. The van der Waals surface area contributed by atoms with Gasteiger partial charge in [-0.25, -0.2) is 19.0 Å². The molecule has 4 saturated heterocycles. The van der Waals surface area contributed by atoms with Gasteiger partial charge in [0.1, 0.15) is 90.2 Å². The minimum absolute atomic E-state index is 0. The third kappa shape index (κ3) is 36.3. The van der Waals surface area contributed by atoms with E-state index in [0.717, 1.165) is 19.6 Å². The molecule has 8 aliphatic heterocycles. The predicted molar refractivity (Wildman–Crippen MR) is 547 cm³/mol. The van der Waals surface area contributed by atoms with Gasteiger partial charge in [0.15, 0.2) is 0 Å². The number of imide groups is 8. The third-order valence-corrected chi connectivity index (χ3v) is 20.9. The van der Waals surface area contributed by atoms with Crippen molar-refractivity contribution in [1.82, 2.24) is 81.5 Å². The number of carbonyl (C=O) groups is 18. The molecule has 0 saturated carbocycles. The van der Waals surface area contributed by atoms with E-state index in [9.17, 15) is 91.4 Å². The van der Waals surface area contributed by atoms with Gasteiger partial charge < -0.3 is 73.6 Å². The van der Waals surface area contributed by atoms with Crippen molar-refractivity contribution >= 4 is 196 Å². The fourth-order valence-electron chi connectivity index (χ4n) is 14.4. The quantitative estimate of drug-likeness (QED) is 0.00340. The second kappa shape index (κ2) is 61.7. The van der Waals surface area contributed by atoms with Gasteiger partial charge in [-0.15, -0.1) is 59.2 Å². The molecular weight excluding hydrogens is 2360 g/mol. The first-order chi connectivity index (χ1) is 70.4. The smallest absolute Gasteiger partial charge is 0.407 e. The van der Waals surface area contributed by atoms with Crippen LogP contribution in [0.25, 0.3) is 10.4 Å². The average Bonchev–Trinajstić information content (AvgIpc) is 1.61. The number of nitrogens with one attached hydrogen (secondary N) is 6. The Balaban J connectivity index is 0.000000286. The van der Waals surface area contributed by atoms with Gasteiger partial charge in [0.25, 0.3) is 47.3 Å². The van der Waals surface area contributed by atoms with Gasteiger partial charge in [-0.3, -0.25) is 118 Å². The fourth-order valence-corrected chi connectivity index (χ4v) is 14.4. The number of halogens is 5. The molecule has 2 aromatic heterocycles. The zero-order valence-corrected chi connectivity index (χ0v) is 89.2. The number of hydrogen-bond acceptors (Lipinski definition) is 36. The number of piperidine rings is 4. The molecule has 55 heteroatoms. The number of amides is 18. The molecule has 10 heterocycles. The summed E-state index contributed by atoms with van der Waals surface area (Å²) >= 11 is 8.65. The van der Waals surface area contributed by atoms with E-state index in [1.165, 1.54) is 66.2 Å². The summed E-state index contributed by atoms with van der Waals surface area (Å²) in [4.78, 5) is 224. The molecule has 0 aliphatic carbocycles. The Morgan fingerprint density at radius 2 is 0.796 bits per heavy atom.